The molecule has 18 heavy (non-hydrogen) atoms. The van der Waals surface area contributed by atoms with Crippen molar-refractivity contribution in [1.29, 1.82) is 0 Å². The van der Waals surface area contributed by atoms with Gasteiger partial charge >= 0.3 is 0 Å². The van der Waals surface area contributed by atoms with E-state index < -0.39 is 0 Å². The number of carbonyl (C=O) groups is 1. The second-order valence-electron chi connectivity index (χ2n) is 3.78. The number of aryl methyl sites for hydroxylation is 1. The highest BCUT2D eigenvalue weighted by molar-refractivity contribution is 7.17. The molecular weight excluding hydrogens is 250 g/mol. The molecule has 0 spiro atoms. The highest BCUT2D eigenvalue weighted by atomic mass is 32.1. The molecule has 0 aliphatic rings. The van der Waals surface area contributed by atoms with Gasteiger partial charge in [-0.3, -0.25) is 4.79 Å². The van der Waals surface area contributed by atoms with E-state index in [1.807, 2.05) is 12.1 Å². The van der Waals surface area contributed by atoms with E-state index in [-0.39, 0.29) is 5.91 Å². The van der Waals surface area contributed by atoms with Crippen LogP contribution in [0.25, 0.3) is 10.2 Å². The molecule has 6 heteroatoms. The van der Waals surface area contributed by atoms with Crippen molar-refractivity contribution in [2.24, 2.45) is 0 Å². The van der Waals surface area contributed by atoms with Gasteiger partial charge in [-0.05, 0) is 19.1 Å². The number of carbonyl (C=O) groups excluding carboxylic acids is 1. The SMILES string of the molecule is Cc1cc(NC(=O)c2cccc3ncsc23)no1. The Morgan fingerprint density at radius 3 is 3.11 bits per heavy atom. The summed E-state index contributed by atoms with van der Waals surface area (Å²) in [7, 11) is 0. The van der Waals surface area contributed by atoms with E-state index in [1.54, 1.807) is 24.6 Å². The predicted molar refractivity (Wildman–Crippen MR) is 68.8 cm³/mol. The molecule has 5 nitrogen and oxygen atoms in total. The quantitative estimate of drug-likeness (QED) is 0.768. The van der Waals surface area contributed by atoms with Gasteiger partial charge in [-0.1, -0.05) is 11.2 Å². The number of aromatic nitrogens is 2. The molecule has 0 unspecified atom stereocenters. The van der Waals surface area contributed by atoms with Crippen LogP contribution in [-0.4, -0.2) is 16.0 Å². The fraction of sp³-hybridized carbons (Fsp3) is 0.0833. The predicted octanol–water partition coefficient (Wildman–Crippen LogP) is 2.85. The number of benzene rings is 1. The summed E-state index contributed by atoms with van der Waals surface area (Å²) in [6, 6.07) is 7.13. The zero-order valence-electron chi connectivity index (χ0n) is 9.51. The van der Waals surface area contributed by atoms with E-state index in [2.05, 4.69) is 15.5 Å². The smallest absolute Gasteiger partial charge is 0.258 e. The molecule has 0 fully saturated rings. The van der Waals surface area contributed by atoms with Crippen LogP contribution < -0.4 is 5.32 Å². The van der Waals surface area contributed by atoms with Crippen LogP contribution in [0.5, 0.6) is 0 Å². The van der Waals surface area contributed by atoms with E-state index in [0.29, 0.717) is 17.1 Å². The summed E-state index contributed by atoms with van der Waals surface area (Å²) in [4.78, 5) is 16.3. The third-order valence-electron chi connectivity index (χ3n) is 2.47. The number of hydrogen-bond donors (Lipinski definition) is 1. The van der Waals surface area contributed by atoms with Crippen molar-refractivity contribution < 1.29 is 9.32 Å². The van der Waals surface area contributed by atoms with Gasteiger partial charge in [0.2, 0.25) is 0 Å². The summed E-state index contributed by atoms with van der Waals surface area (Å²) in [5.74, 6) is 0.860. The molecule has 0 atom stereocenters. The van der Waals surface area contributed by atoms with E-state index in [1.165, 1.54) is 11.3 Å². The van der Waals surface area contributed by atoms with Crippen LogP contribution in [-0.2, 0) is 0 Å². The molecule has 2 heterocycles. The number of amides is 1. The van der Waals surface area contributed by atoms with Crippen LogP contribution >= 0.6 is 11.3 Å². The van der Waals surface area contributed by atoms with Gasteiger partial charge in [0, 0.05) is 6.07 Å². The van der Waals surface area contributed by atoms with Crippen molar-refractivity contribution in [2.45, 2.75) is 6.92 Å². The largest absolute Gasteiger partial charge is 0.360 e. The Balaban J connectivity index is 1.94. The molecule has 3 rings (SSSR count). The molecule has 0 saturated heterocycles. The van der Waals surface area contributed by atoms with Crippen molar-refractivity contribution >= 4 is 33.3 Å². The molecule has 0 radical (unpaired) electrons. The molecule has 3 aromatic rings. The summed E-state index contributed by atoms with van der Waals surface area (Å²) >= 11 is 1.44. The third-order valence-corrected chi connectivity index (χ3v) is 3.35. The van der Waals surface area contributed by atoms with E-state index in [4.69, 9.17) is 4.52 Å². The summed E-state index contributed by atoms with van der Waals surface area (Å²) in [5.41, 5.74) is 3.14. The van der Waals surface area contributed by atoms with Gasteiger partial charge in [0.15, 0.2) is 5.82 Å². The molecule has 90 valence electrons. The van der Waals surface area contributed by atoms with E-state index in [0.717, 1.165) is 10.2 Å². The minimum atomic E-state index is -0.210. The van der Waals surface area contributed by atoms with Crippen LogP contribution in [0.1, 0.15) is 16.1 Å². The number of nitrogens with one attached hydrogen (secondary N) is 1. The van der Waals surface area contributed by atoms with Crippen LogP contribution in [0.3, 0.4) is 0 Å². The van der Waals surface area contributed by atoms with Crippen molar-refractivity contribution in [3.63, 3.8) is 0 Å². The molecule has 0 bridgehead atoms. The Labute approximate surface area is 106 Å². The zero-order chi connectivity index (χ0) is 12.5. The molecule has 0 aliphatic carbocycles. The lowest BCUT2D eigenvalue weighted by Crippen LogP contribution is -2.12. The second kappa shape index (κ2) is 4.23. The molecule has 1 N–H and O–H groups in total. The van der Waals surface area contributed by atoms with Gasteiger partial charge in [-0.2, -0.15) is 0 Å². The Morgan fingerprint density at radius 2 is 2.33 bits per heavy atom. The Bertz CT molecular complexity index is 717. The standard InChI is InChI=1S/C12H9N3O2S/c1-7-5-10(15-17-7)14-12(16)8-3-2-4-9-11(8)18-6-13-9/h2-6H,1H3,(H,14,15,16). The normalized spacial score (nSPS) is 10.7. The molecular formula is C12H9N3O2S. The lowest BCUT2D eigenvalue weighted by atomic mass is 10.2. The van der Waals surface area contributed by atoms with Gasteiger partial charge in [0.25, 0.3) is 5.91 Å². The minimum absolute atomic E-state index is 0.210. The van der Waals surface area contributed by atoms with Gasteiger partial charge in [0.1, 0.15) is 5.76 Å². The summed E-state index contributed by atoms with van der Waals surface area (Å²) < 4.78 is 5.77. The van der Waals surface area contributed by atoms with Gasteiger partial charge < -0.3 is 9.84 Å². The average molecular weight is 259 g/mol. The lowest BCUT2D eigenvalue weighted by molar-refractivity contribution is 0.102. The van der Waals surface area contributed by atoms with Crippen molar-refractivity contribution in [3.8, 4) is 0 Å². The second-order valence-corrected chi connectivity index (χ2v) is 4.64. The molecule has 0 saturated carbocycles. The number of hydrogen-bond acceptors (Lipinski definition) is 5. The monoisotopic (exact) mass is 259 g/mol. The summed E-state index contributed by atoms with van der Waals surface area (Å²) in [6.07, 6.45) is 0. The number of anilines is 1. The number of nitrogens with zero attached hydrogens (tertiary/aromatic N) is 2. The first-order valence-corrected chi connectivity index (χ1v) is 6.19. The zero-order valence-corrected chi connectivity index (χ0v) is 10.3. The van der Waals surface area contributed by atoms with Gasteiger partial charge in [0.05, 0.1) is 21.3 Å². The number of rotatable bonds is 2. The summed E-state index contributed by atoms with van der Waals surface area (Å²) in [5, 5.41) is 6.43. The minimum Gasteiger partial charge on any atom is -0.360 e. The van der Waals surface area contributed by atoms with Gasteiger partial charge in [-0.25, -0.2) is 4.98 Å². The topological polar surface area (TPSA) is 68.0 Å². The maximum atomic E-state index is 12.1. The van der Waals surface area contributed by atoms with Crippen molar-refractivity contribution in [3.05, 3.63) is 41.1 Å². The molecule has 2 aromatic heterocycles. The molecule has 0 aliphatic heterocycles. The first kappa shape index (κ1) is 10.9. The number of fused-ring (bicyclic) bond motifs is 1. The van der Waals surface area contributed by atoms with Crippen LogP contribution in [0, 0.1) is 6.92 Å². The summed E-state index contributed by atoms with van der Waals surface area (Å²) in [6.45, 7) is 1.77. The van der Waals surface area contributed by atoms with Crippen LogP contribution in [0.15, 0.2) is 34.3 Å². The number of thiazole rings is 1. The maximum absolute atomic E-state index is 12.1. The molecule has 1 aromatic carbocycles. The Kier molecular flexibility index (Phi) is 2.56. The van der Waals surface area contributed by atoms with E-state index >= 15 is 0 Å². The van der Waals surface area contributed by atoms with Crippen molar-refractivity contribution in [2.75, 3.05) is 5.32 Å². The first-order chi connectivity index (χ1) is 8.74. The van der Waals surface area contributed by atoms with Crippen molar-refractivity contribution in [1.82, 2.24) is 10.1 Å². The Hall–Kier alpha value is -2.21. The lowest BCUT2D eigenvalue weighted by Gasteiger charge is -2.01. The first-order valence-electron chi connectivity index (χ1n) is 5.31. The third kappa shape index (κ3) is 1.86. The average Bonchev–Trinajstić information content (AvgIpc) is 2.97. The fourth-order valence-electron chi connectivity index (χ4n) is 1.67. The molecule has 1 amide bonds. The highest BCUT2D eigenvalue weighted by Gasteiger charge is 2.13. The maximum Gasteiger partial charge on any atom is 0.258 e. The fourth-order valence-corrected chi connectivity index (χ4v) is 2.47. The highest BCUT2D eigenvalue weighted by Crippen LogP contribution is 2.23. The van der Waals surface area contributed by atoms with Crippen LogP contribution in [0.4, 0.5) is 5.82 Å². The Morgan fingerprint density at radius 1 is 1.44 bits per heavy atom. The van der Waals surface area contributed by atoms with E-state index in [9.17, 15) is 4.79 Å². The van der Waals surface area contributed by atoms with Gasteiger partial charge in [-0.15, -0.1) is 11.3 Å². The van der Waals surface area contributed by atoms with Crippen LogP contribution in [0.2, 0.25) is 0 Å².